The number of rotatable bonds is 18. The molecule has 0 aliphatic heterocycles. The molecule has 0 aliphatic carbocycles. The van der Waals surface area contributed by atoms with Crippen LogP contribution in [0, 0.1) is 0 Å². The fourth-order valence-electron chi connectivity index (χ4n) is 4.63. The van der Waals surface area contributed by atoms with E-state index in [1.807, 2.05) is 0 Å². The largest absolute Gasteiger partial charge is 0.492 e. The Morgan fingerprint density at radius 2 is 1.05 bits per heavy atom. The number of aryl methyl sites for hydroxylation is 4. The first kappa shape index (κ1) is 43.7. The van der Waals surface area contributed by atoms with Crippen LogP contribution in [0.15, 0.2) is 46.7 Å². The number of nitrogens with two attached hydrogens (primary N) is 2. The second-order valence-corrected chi connectivity index (χ2v) is 11.9. The van der Waals surface area contributed by atoms with Crippen molar-refractivity contribution in [1.82, 2.24) is 39.9 Å². The molecule has 10 N–H and O–H groups in total. The van der Waals surface area contributed by atoms with Gasteiger partial charge in [0, 0.05) is 37.4 Å². The first-order valence-corrected chi connectivity index (χ1v) is 17.0. The van der Waals surface area contributed by atoms with Crippen LogP contribution in [0.2, 0.25) is 0 Å². The summed E-state index contributed by atoms with van der Waals surface area (Å²) in [7, 11) is 0. The first-order chi connectivity index (χ1) is 27.4. The van der Waals surface area contributed by atoms with E-state index in [4.69, 9.17) is 20.9 Å². The Bertz CT molecular complexity index is 1960. The molecular formula is C32H36F6N14O6. The third-order valence-electron chi connectivity index (χ3n) is 7.16. The Morgan fingerprint density at radius 3 is 1.43 bits per heavy atom. The number of hydrogen-bond donors (Lipinski definition) is 8. The summed E-state index contributed by atoms with van der Waals surface area (Å²) in [6, 6.07) is 2.12. The van der Waals surface area contributed by atoms with E-state index in [1.54, 1.807) is 0 Å². The lowest BCUT2D eigenvalue weighted by Crippen LogP contribution is -2.26. The highest BCUT2D eigenvalue weighted by molar-refractivity contribution is 5.93. The number of carbonyl (C=O) groups excluding carboxylic acids is 2. The summed E-state index contributed by atoms with van der Waals surface area (Å²) in [6.07, 6.45) is -1.43. The summed E-state index contributed by atoms with van der Waals surface area (Å²) in [6.45, 7) is -2.89. The third kappa shape index (κ3) is 16.0. The van der Waals surface area contributed by atoms with Crippen LogP contribution >= 0.6 is 0 Å². The van der Waals surface area contributed by atoms with Crippen molar-refractivity contribution in [2.75, 3.05) is 23.7 Å². The van der Waals surface area contributed by atoms with Gasteiger partial charge < -0.3 is 51.8 Å². The van der Waals surface area contributed by atoms with Crippen LogP contribution in [0.3, 0.4) is 0 Å². The molecule has 0 saturated carbocycles. The minimum atomic E-state index is -4.50. The molecule has 312 valence electrons. The van der Waals surface area contributed by atoms with Gasteiger partial charge in [-0.05, 0) is 50.7 Å². The van der Waals surface area contributed by atoms with Gasteiger partial charge in [-0.15, -0.1) is 0 Å². The normalized spacial score (nSPS) is 12.5. The molecule has 0 bridgehead atoms. The maximum absolute atomic E-state index is 12.3. The second-order valence-electron chi connectivity index (χ2n) is 11.9. The van der Waals surface area contributed by atoms with Crippen LogP contribution in [-0.4, -0.2) is 99.4 Å². The monoisotopic (exact) mass is 826 g/mol. The maximum atomic E-state index is 12.3. The Morgan fingerprint density at radius 1 is 0.672 bits per heavy atom. The topological polar surface area (TPSA) is 303 Å². The molecule has 0 fully saturated rings. The summed E-state index contributed by atoms with van der Waals surface area (Å²) in [5.41, 5.74) is 11.4. The smallest absolute Gasteiger partial charge is 0.408 e. The first-order valence-electron chi connectivity index (χ1n) is 17.0. The molecule has 4 aromatic rings. The van der Waals surface area contributed by atoms with E-state index in [0.29, 0.717) is 50.2 Å². The lowest BCUT2D eigenvalue weighted by atomic mass is 10.1. The zero-order valence-corrected chi connectivity index (χ0v) is 30.1. The lowest BCUT2D eigenvalue weighted by Gasteiger charge is -2.07. The van der Waals surface area contributed by atoms with Crippen molar-refractivity contribution in [1.29, 1.82) is 0 Å². The Kier molecular flexibility index (Phi) is 15.2. The summed E-state index contributed by atoms with van der Waals surface area (Å²) < 4.78 is 84.0. The molecule has 0 unspecified atom stereocenters. The van der Waals surface area contributed by atoms with Gasteiger partial charge in [-0.1, -0.05) is 0 Å². The van der Waals surface area contributed by atoms with Gasteiger partial charge in [0.05, 0.1) is 11.4 Å². The van der Waals surface area contributed by atoms with Crippen molar-refractivity contribution in [2.45, 2.75) is 63.7 Å². The number of nitrogens with zero attached hydrogens (tertiary/aromatic N) is 8. The second kappa shape index (κ2) is 20.2. The van der Waals surface area contributed by atoms with Crippen molar-refractivity contribution in [3.8, 4) is 23.8 Å². The van der Waals surface area contributed by atoms with Crippen LogP contribution in [0.4, 0.5) is 38.0 Å². The molecule has 26 heteroatoms. The average Bonchev–Trinajstić information content (AvgIpc) is 3.67. The average molecular weight is 827 g/mol. The number of hydrogen-bond acceptors (Lipinski definition) is 14. The number of ether oxygens (including phenoxy) is 2. The minimum absolute atomic E-state index is 0.158. The molecule has 0 aliphatic rings. The number of aliphatic imine (C=N–C) groups is 2. The molecule has 4 aromatic heterocycles. The number of nitrogens with one attached hydrogen (secondary N) is 4. The van der Waals surface area contributed by atoms with Gasteiger partial charge in [-0.25, -0.2) is 39.5 Å². The van der Waals surface area contributed by atoms with Gasteiger partial charge in [0.1, 0.15) is 36.4 Å². The van der Waals surface area contributed by atoms with Crippen LogP contribution < -0.4 is 31.6 Å². The van der Waals surface area contributed by atoms with E-state index in [2.05, 4.69) is 60.5 Å². The Balaban J connectivity index is 1.15. The fourth-order valence-corrected chi connectivity index (χ4v) is 4.63. The molecule has 20 nitrogen and oxygen atoms in total. The van der Waals surface area contributed by atoms with Crippen molar-refractivity contribution in [3.63, 3.8) is 0 Å². The number of carbonyl (C=O) groups is 2. The summed E-state index contributed by atoms with van der Waals surface area (Å²) in [5.74, 6) is -2.79. The molecular weight excluding hydrogens is 790 g/mol. The zero-order chi connectivity index (χ0) is 42.3. The van der Waals surface area contributed by atoms with Crippen LogP contribution in [0.1, 0.15) is 48.7 Å². The lowest BCUT2D eigenvalue weighted by molar-refractivity contribution is -0.132. The van der Waals surface area contributed by atoms with Crippen molar-refractivity contribution < 1.29 is 55.6 Å². The van der Waals surface area contributed by atoms with Crippen molar-refractivity contribution >= 4 is 35.5 Å². The molecule has 0 aromatic carbocycles. The van der Waals surface area contributed by atoms with E-state index < -0.39 is 61.1 Å². The number of alkyl halides is 6. The van der Waals surface area contributed by atoms with Gasteiger partial charge in [0.25, 0.3) is 0 Å². The highest BCUT2D eigenvalue weighted by atomic mass is 19.4. The van der Waals surface area contributed by atoms with Gasteiger partial charge in [-0.3, -0.25) is 0 Å². The maximum Gasteiger partial charge on any atom is 0.408 e. The van der Waals surface area contributed by atoms with E-state index in [9.17, 15) is 46.1 Å². The molecule has 0 atom stereocenters. The number of aromatic hydroxyl groups is 2. The number of unbranched alkanes of at least 4 members (excludes halogenated alkanes) is 2. The van der Waals surface area contributed by atoms with Gasteiger partial charge >= 0.3 is 36.3 Å². The molecule has 4 rings (SSSR count). The Hall–Kier alpha value is -7.02. The molecule has 4 heterocycles. The predicted molar refractivity (Wildman–Crippen MR) is 191 cm³/mol. The molecule has 0 amide bonds. The van der Waals surface area contributed by atoms with E-state index in [-0.39, 0.29) is 47.9 Å². The number of halogens is 6. The number of imidazole rings is 2. The van der Waals surface area contributed by atoms with Crippen LogP contribution in [0.5, 0.6) is 23.8 Å². The van der Waals surface area contributed by atoms with Gasteiger partial charge in [0.15, 0.2) is 11.9 Å². The highest BCUT2D eigenvalue weighted by Gasteiger charge is 2.27. The SMILES string of the molecule is NC(=NCC(F)(F)F)Nc1ccnc(CCCCc2[nH]c(OC(=O)/C=C\C(=O)Oc3nc(O)c(CCCCc4nccc(NC(N)=NCC(F)(F)F)n4)[nH]3)nc2O)n1. The fraction of sp³-hybridized carbons (Fsp3) is 0.375. The van der Waals surface area contributed by atoms with E-state index in [0.717, 1.165) is 12.2 Å². The van der Waals surface area contributed by atoms with Crippen LogP contribution in [0.25, 0.3) is 0 Å². The number of H-pyrrole nitrogens is 2. The van der Waals surface area contributed by atoms with Gasteiger partial charge in [-0.2, -0.15) is 36.3 Å². The number of anilines is 2. The summed E-state index contributed by atoms with van der Waals surface area (Å²) >= 11 is 0. The summed E-state index contributed by atoms with van der Waals surface area (Å²) in [4.78, 5) is 60.2. The predicted octanol–water partition coefficient (Wildman–Crippen LogP) is 2.90. The molecule has 0 saturated heterocycles. The van der Waals surface area contributed by atoms with Crippen molar-refractivity contribution in [3.05, 3.63) is 59.7 Å². The Labute approximate surface area is 323 Å². The molecule has 58 heavy (non-hydrogen) atoms. The number of esters is 2. The number of aromatic nitrogens is 8. The third-order valence-corrected chi connectivity index (χ3v) is 7.16. The standard InChI is InChI=1S/C32H36F6N14O6/c33-31(34,35)15-43-27(39)49-21-11-13-41-19(47-21)7-3-1-5-17-25(55)51-29(45-17)57-23(53)9-10-24(54)58-30-46-18(26(56)52-30)6-2-4-8-20-42-14-12-22(48-20)50-28(40)44-16-32(36,37)38/h9-14,55-56H,1-8,15-16H2,(H,45,51)(H,46,52)(H3,39,41,43,47,49)(H3,40,42,44,48,50)/b10-9-. The summed E-state index contributed by atoms with van der Waals surface area (Å²) in [5, 5.41) is 25.2. The van der Waals surface area contributed by atoms with Crippen LogP contribution in [-0.2, 0) is 35.3 Å². The number of guanidine groups is 2. The molecule has 0 spiro atoms. The molecule has 0 radical (unpaired) electrons. The quantitative estimate of drug-likeness (QED) is 0.0179. The van der Waals surface area contributed by atoms with Crippen molar-refractivity contribution in [2.24, 2.45) is 21.5 Å². The number of aromatic amines is 2. The van der Waals surface area contributed by atoms with Gasteiger partial charge in [0.2, 0.25) is 11.8 Å². The van der Waals surface area contributed by atoms with E-state index in [1.165, 1.54) is 24.5 Å². The highest BCUT2D eigenvalue weighted by Crippen LogP contribution is 2.22. The zero-order valence-electron chi connectivity index (χ0n) is 30.1. The minimum Gasteiger partial charge on any atom is -0.492 e. The van der Waals surface area contributed by atoms with E-state index >= 15 is 0 Å².